The number of carbonyl (C=O) groups is 3. The molecule has 142 valence electrons. The minimum Gasteiger partial charge on any atom is -0.478 e. The van der Waals surface area contributed by atoms with Gasteiger partial charge in [-0.25, -0.2) is 4.79 Å². The van der Waals surface area contributed by atoms with Gasteiger partial charge in [-0.1, -0.05) is 12.1 Å². The number of benzene rings is 1. The van der Waals surface area contributed by atoms with Gasteiger partial charge in [-0.2, -0.15) is 0 Å². The van der Waals surface area contributed by atoms with Crippen LogP contribution in [-0.2, 0) is 11.2 Å². The van der Waals surface area contributed by atoms with Gasteiger partial charge >= 0.3 is 5.97 Å². The fourth-order valence-corrected chi connectivity index (χ4v) is 3.15. The van der Waals surface area contributed by atoms with E-state index < -0.39 is 5.97 Å². The van der Waals surface area contributed by atoms with Crippen molar-refractivity contribution in [2.45, 2.75) is 31.7 Å². The number of furan rings is 1. The average Bonchev–Trinajstić information content (AvgIpc) is 3.21. The smallest absolute Gasteiger partial charge is 0.335 e. The molecule has 2 heterocycles. The van der Waals surface area contributed by atoms with Crippen LogP contribution in [0.25, 0.3) is 0 Å². The van der Waals surface area contributed by atoms with Crippen molar-refractivity contribution >= 4 is 17.8 Å². The Morgan fingerprint density at radius 1 is 1.11 bits per heavy atom. The highest BCUT2D eigenvalue weighted by Crippen LogP contribution is 2.15. The number of nitrogens with one attached hydrogen (secondary N) is 1. The lowest BCUT2D eigenvalue weighted by Crippen LogP contribution is -2.46. The van der Waals surface area contributed by atoms with Crippen molar-refractivity contribution in [3.8, 4) is 0 Å². The average molecular weight is 370 g/mol. The van der Waals surface area contributed by atoms with Gasteiger partial charge in [0.25, 0.3) is 5.91 Å². The molecule has 1 fully saturated rings. The Bertz CT molecular complexity index is 790. The van der Waals surface area contributed by atoms with Crippen LogP contribution in [0.2, 0.25) is 0 Å². The van der Waals surface area contributed by atoms with Crippen molar-refractivity contribution in [2.75, 3.05) is 13.1 Å². The van der Waals surface area contributed by atoms with Gasteiger partial charge < -0.3 is 19.7 Å². The molecule has 0 spiro atoms. The Morgan fingerprint density at radius 3 is 2.41 bits per heavy atom. The number of carboxylic acids is 1. The second kappa shape index (κ2) is 8.53. The topological polar surface area (TPSA) is 99.9 Å². The summed E-state index contributed by atoms with van der Waals surface area (Å²) in [5, 5.41) is 11.9. The lowest BCUT2D eigenvalue weighted by atomic mass is 10.0. The summed E-state index contributed by atoms with van der Waals surface area (Å²) >= 11 is 0. The normalized spacial score (nSPS) is 14.7. The Hall–Kier alpha value is -3.09. The first-order valence-corrected chi connectivity index (χ1v) is 8.97. The van der Waals surface area contributed by atoms with E-state index >= 15 is 0 Å². The van der Waals surface area contributed by atoms with Gasteiger partial charge in [0.1, 0.15) is 0 Å². The monoisotopic (exact) mass is 370 g/mol. The van der Waals surface area contributed by atoms with Crippen LogP contribution in [-0.4, -0.2) is 46.9 Å². The van der Waals surface area contributed by atoms with Gasteiger partial charge in [0.2, 0.25) is 5.91 Å². The highest BCUT2D eigenvalue weighted by atomic mass is 16.4. The quantitative estimate of drug-likeness (QED) is 0.813. The van der Waals surface area contributed by atoms with Crippen molar-refractivity contribution in [2.24, 2.45) is 0 Å². The number of rotatable bonds is 6. The van der Waals surface area contributed by atoms with Crippen molar-refractivity contribution in [3.05, 3.63) is 59.5 Å². The van der Waals surface area contributed by atoms with Gasteiger partial charge in [-0.3, -0.25) is 9.59 Å². The van der Waals surface area contributed by atoms with E-state index in [4.69, 9.17) is 9.52 Å². The molecule has 0 bridgehead atoms. The number of aromatic carboxylic acids is 1. The zero-order valence-corrected chi connectivity index (χ0v) is 14.9. The Morgan fingerprint density at radius 2 is 1.81 bits per heavy atom. The van der Waals surface area contributed by atoms with Crippen molar-refractivity contribution in [3.63, 3.8) is 0 Å². The number of carboxylic acid groups (broad SMARTS) is 1. The molecular formula is C20H22N2O5. The van der Waals surface area contributed by atoms with E-state index in [1.54, 1.807) is 41.3 Å². The van der Waals surface area contributed by atoms with E-state index in [1.165, 1.54) is 6.26 Å². The van der Waals surface area contributed by atoms with E-state index in [0.29, 0.717) is 44.5 Å². The van der Waals surface area contributed by atoms with Crippen LogP contribution in [0.4, 0.5) is 0 Å². The molecule has 27 heavy (non-hydrogen) atoms. The van der Waals surface area contributed by atoms with Gasteiger partial charge in [0.15, 0.2) is 5.76 Å². The van der Waals surface area contributed by atoms with E-state index in [1.807, 2.05) is 0 Å². The van der Waals surface area contributed by atoms with Crippen LogP contribution in [0.1, 0.15) is 45.7 Å². The van der Waals surface area contributed by atoms with Crippen molar-refractivity contribution in [1.82, 2.24) is 10.2 Å². The number of nitrogens with zero attached hydrogens (tertiary/aromatic N) is 1. The van der Waals surface area contributed by atoms with Crippen molar-refractivity contribution < 1.29 is 23.9 Å². The summed E-state index contributed by atoms with van der Waals surface area (Å²) in [7, 11) is 0. The molecule has 2 aromatic rings. The third kappa shape index (κ3) is 4.97. The molecule has 1 aromatic carbocycles. The fourth-order valence-electron chi connectivity index (χ4n) is 3.15. The molecule has 2 N–H and O–H groups in total. The summed E-state index contributed by atoms with van der Waals surface area (Å²) in [6, 6.07) is 9.95. The molecule has 2 amide bonds. The molecule has 3 rings (SSSR count). The maximum atomic E-state index is 12.2. The molecule has 0 aliphatic carbocycles. The molecule has 0 saturated carbocycles. The number of aryl methyl sites for hydroxylation is 1. The third-order valence-corrected chi connectivity index (χ3v) is 4.72. The molecule has 1 saturated heterocycles. The molecular weight excluding hydrogens is 348 g/mol. The van der Waals surface area contributed by atoms with Crippen LogP contribution >= 0.6 is 0 Å². The number of hydrogen-bond donors (Lipinski definition) is 2. The van der Waals surface area contributed by atoms with Crippen molar-refractivity contribution in [1.29, 1.82) is 0 Å². The standard InChI is InChI=1S/C20H22N2O5/c23-18(8-5-14-3-6-15(7-4-14)20(25)26)21-16-9-11-22(12-10-16)19(24)17-2-1-13-27-17/h1-4,6-7,13,16H,5,8-12H2,(H,21,23)(H,25,26). The number of hydrogen-bond acceptors (Lipinski definition) is 4. The summed E-state index contributed by atoms with van der Waals surface area (Å²) in [6.07, 6.45) is 3.81. The molecule has 7 nitrogen and oxygen atoms in total. The minimum absolute atomic E-state index is 0.0341. The van der Waals surface area contributed by atoms with Crippen LogP contribution in [0.3, 0.4) is 0 Å². The Balaban J connectivity index is 1.40. The molecule has 1 aliphatic heterocycles. The summed E-state index contributed by atoms with van der Waals surface area (Å²) < 4.78 is 5.14. The summed E-state index contributed by atoms with van der Waals surface area (Å²) in [4.78, 5) is 37.0. The Kier molecular flexibility index (Phi) is 5.90. The van der Waals surface area contributed by atoms with Crippen LogP contribution in [0.5, 0.6) is 0 Å². The number of amides is 2. The van der Waals surface area contributed by atoms with Crippen LogP contribution < -0.4 is 5.32 Å². The van der Waals surface area contributed by atoms with E-state index in [9.17, 15) is 14.4 Å². The van der Waals surface area contributed by atoms with Gasteiger partial charge in [-0.15, -0.1) is 0 Å². The number of piperidine rings is 1. The third-order valence-electron chi connectivity index (χ3n) is 4.72. The zero-order valence-electron chi connectivity index (χ0n) is 14.9. The lowest BCUT2D eigenvalue weighted by molar-refractivity contribution is -0.122. The predicted molar refractivity (Wildman–Crippen MR) is 97.5 cm³/mol. The van der Waals surface area contributed by atoms with Crippen LogP contribution in [0.15, 0.2) is 47.1 Å². The van der Waals surface area contributed by atoms with E-state index in [-0.39, 0.29) is 23.4 Å². The maximum Gasteiger partial charge on any atom is 0.335 e. The van der Waals surface area contributed by atoms with E-state index in [2.05, 4.69) is 5.32 Å². The second-order valence-corrected chi connectivity index (χ2v) is 6.61. The Labute approximate surface area is 157 Å². The van der Waals surface area contributed by atoms with Gasteiger partial charge in [-0.05, 0) is 49.1 Å². The van der Waals surface area contributed by atoms with E-state index in [0.717, 1.165) is 5.56 Å². The summed E-state index contributed by atoms with van der Waals surface area (Å²) in [6.45, 7) is 1.17. The maximum absolute atomic E-state index is 12.2. The van der Waals surface area contributed by atoms with Gasteiger partial charge in [0, 0.05) is 25.6 Å². The molecule has 0 atom stereocenters. The zero-order chi connectivity index (χ0) is 19.2. The molecule has 0 unspecified atom stereocenters. The summed E-state index contributed by atoms with van der Waals surface area (Å²) in [5.41, 5.74) is 1.16. The first-order chi connectivity index (χ1) is 13.0. The fraction of sp³-hybridized carbons (Fsp3) is 0.350. The van der Waals surface area contributed by atoms with Crippen LogP contribution in [0, 0.1) is 0 Å². The van der Waals surface area contributed by atoms with Gasteiger partial charge in [0.05, 0.1) is 11.8 Å². The predicted octanol–water partition coefficient (Wildman–Crippen LogP) is 2.33. The first kappa shape index (κ1) is 18.7. The molecule has 0 radical (unpaired) electrons. The minimum atomic E-state index is -0.962. The number of carbonyl (C=O) groups excluding carboxylic acids is 2. The SMILES string of the molecule is O=C(CCc1ccc(C(=O)O)cc1)NC1CCN(C(=O)c2ccco2)CC1. The lowest BCUT2D eigenvalue weighted by Gasteiger charge is -2.31. The molecule has 1 aliphatic rings. The molecule has 7 heteroatoms. The second-order valence-electron chi connectivity index (χ2n) is 6.61. The highest BCUT2D eigenvalue weighted by Gasteiger charge is 2.25. The highest BCUT2D eigenvalue weighted by molar-refractivity contribution is 5.91. The summed E-state index contributed by atoms with van der Waals surface area (Å²) in [5.74, 6) is -0.773. The largest absolute Gasteiger partial charge is 0.478 e. The number of likely N-dealkylation sites (tertiary alicyclic amines) is 1. The first-order valence-electron chi connectivity index (χ1n) is 8.97. The molecule has 1 aromatic heterocycles.